The summed E-state index contributed by atoms with van der Waals surface area (Å²) in [4.78, 5) is 39.2. The molecule has 0 spiro atoms. The average Bonchev–Trinajstić information content (AvgIpc) is 3.54. The van der Waals surface area contributed by atoms with E-state index in [1.165, 1.54) is 4.90 Å². The highest BCUT2D eigenvalue weighted by Crippen LogP contribution is 2.51. The van der Waals surface area contributed by atoms with Gasteiger partial charge in [-0.15, -0.1) is 0 Å². The maximum absolute atomic E-state index is 13.7. The van der Waals surface area contributed by atoms with Gasteiger partial charge in [0.15, 0.2) is 11.5 Å². The van der Waals surface area contributed by atoms with E-state index in [1.807, 2.05) is 35.2 Å². The molecule has 1 aromatic carbocycles. The van der Waals surface area contributed by atoms with Gasteiger partial charge in [-0.05, 0) is 48.8 Å². The molecule has 2 fully saturated rings. The van der Waals surface area contributed by atoms with Gasteiger partial charge in [0.05, 0.1) is 24.8 Å². The van der Waals surface area contributed by atoms with Gasteiger partial charge in [-0.25, -0.2) is 4.99 Å². The molecule has 2 atom stereocenters. The first-order valence-corrected chi connectivity index (χ1v) is 11.5. The lowest BCUT2D eigenvalue weighted by atomic mass is 9.85. The fourth-order valence-electron chi connectivity index (χ4n) is 5.14. The maximum atomic E-state index is 13.7. The Kier molecular flexibility index (Phi) is 5.62. The summed E-state index contributed by atoms with van der Waals surface area (Å²) >= 11 is 0. The first kappa shape index (κ1) is 21.6. The summed E-state index contributed by atoms with van der Waals surface area (Å²) in [6, 6.07) is 11.6. The van der Waals surface area contributed by atoms with Gasteiger partial charge in [-0.2, -0.15) is 0 Å². The summed E-state index contributed by atoms with van der Waals surface area (Å²) in [5.74, 6) is 0.210. The average molecular weight is 448 g/mol. The Hall–Kier alpha value is -3.26. The molecule has 3 aliphatic rings. The van der Waals surface area contributed by atoms with E-state index in [4.69, 9.17) is 15.5 Å². The van der Waals surface area contributed by atoms with Crippen LogP contribution in [-0.4, -0.2) is 58.9 Å². The number of nitrogens with zero attached hydrogens (tertiary/aromatic N) is 4. The molecule has 1 saturated carbocycles. The van der Waals surface area contributed by atoms with Crippen molar-refractivity contribution >= 4 is 17.8 Å². The summed E-state index contributed by atoms with van der Waals surface area (Å²) in [6.07, 6.45) is 7.06. The van der Waals surface area contributed by atoms with Crippen LogP contribution in [0.3, 0.4) is 0 Å². The number of aromatic nitrogens is 1. The Balaban J connectivity index is 1.38. The van der Waals surface area contributed by atoms with Crippen LogP contribution in [-0.2, 0) is 21.6 Å². The van der Waals surface area contributed by atoms with Gasteiger partial charge in [0.25, 0.3) is 11.8 Å². The number of likely N-dealkylation sites (tertiary alicyclic amines) is 1. The van der Waals surface area contributed by atoms with Crippen LogP contribution in [0, 0.1) is 5.92 Å². The Bertz CT molecular complexity index is 1080. The zero-order valence-electron chi connectivity index (χ0n) is 18.8. The predicted octanol–water partition coefficient (Wildman–Crippen LogP) is 2.29. The zero-order chi connectivity index (χ0) is 23.0. The van der Waals surface area contributed by atoms with Crippen LogP contribution in [0.25, 0.3) is 0 Å². The number of guanidine groups is 1. The number of amides is 2. The number of hydrogen-bond donors (Lipinski definition) is 1. The van der Waals surface area contributed by atoms with Gasteiger partial charge in [0.2, 0.25) is 0 Å². The summed E-state index contributed by atoms with van der Waals surface area (Å²) in [5.41, 5.74) is 7.47. The van der Waals surface area contributed by atoms with Crippen molar-refractivity contribution in [1.82, 2.24) is 14.8 Å². The number of nitrogens with two attached hydrogens (primary N) is 1. The van der Waals surface area contributed by atoms with Gasteiger partial charge in [0, 0.05) is 26.0 Å². The molecule has 2 unspecified atom stereocenters. The molecule has 172 valence electrons. The topological polar surface area (TPSA) is 101 Å². The quantitative estimate of drug-likeness (QED) is 0.702. The molecule has 5 rings (SSSR count). The fraction of sp³-hybridized carbons (Fsp3) is 0.440. The van der Waals surface area contributed by atoms with Gasteiger partial charge in [-0.1, -0.05) is 30.3 Å². The van der Waals surface area contributed by atoms with Crippen molar-refractivity contribution in [3.05, 3.63) is 65.5 Å². The standard InChI is InChI=1S/C25H29N5O3/c1-33-16-21-8-5-11-29(21)22(31)18-12-17(13-27-14-18)15-30-23(32)25(20-9-10-20,28-24(30)26)19-6-3-2-4-7-19/h2-4,6-7,12-14,20-21H,5,8-11,15-16H2,1H3,(H2,26,28). The van der Waals surface area contributed by atoms with Crippen molar-refractivity contribution in [3.8, 4) is 0 Å². The first-order valence-electron chi connectivity index (χ1n) is 11.5. The number of pyridine rings is 1. The minimum Gasteiger partial charge on any atom is -0.383 e. The molecule has 1 aliphatic carbocycles. The van der Waals surface area contributed by atoms with Crippen molar-refractivity contribution in [2.24, 2.45) is 16.6 Å². The zero-order valence-corrected chi connectivity index (χ0v) is 18.8. The van der Waals surface area contributed by atoms with Crippen molar-refractivity contribution in [3.63, 3.8) is 0 Å². The molecule has 8 nitrogen and oxygen atoms in total. The Labute approximate surface area is 193 Å². The van der Waals surface area contributed by atoms with Gasteiger partial charge in [-0.3, -0.25) is 19.5 Å². The number of ether oxygens (including phenoxy) is 1. The van der Waals surface area contributed by atoms with Crippen molar-refractivity contribution in [1.29, 1.82) is 0 Å². The van der Waals surface area contributed by atoms with E-state index in [0.717, 1.165) is 36.8 Å². The number of carbonyl (C=O) groups excluding carboxylic acids is 2. The normalized spacial score (nSPS) is 24.9. The van der Waals surface area contributed by atoms with E-state index >= 15 is 0 Å². The molecule has 8 heteroatoms. The molecule has 1 aromatic heterocycles. The van der Waals surface area contributed by atoms with E-state index < -0.39 is 5.54 Å². The molecular formula is C25H29N5O3. The number of benzene rings is 1. The fourth-order valence-corrected chi connectivity index (χ4v) is 5.14. The molecule has 1 saturated heterocycles. The predicted molar refractivity (Wildman–Crippen MR) is 123 cm³/mol. The highest BCUT2D eigenvalue weighted by molar-refractivity contribution is 6.07. The lowest BCUT2D eigenvalue weighted by Crippen LogP contribution is -2.43. The molecule has 3 heterocycles. The minimum atomic E-state index is -0.949. The smallest absolute Gasteiger partial charge is 0.262 e. The Morgan fingerprint density at radius 3 is 2.73 bits per heavy atom. The van der Waals surface area contributed by atoms with Crippen LogP contribution in [0.2, 0.25) is 0 Å². The highest BCUT2D eigenvalue weighted by atomic mass is 16.5. The molecule has 2 amide bonds. The molecule has 0 bridgehead atoms. The molecule has 33 heavy (non-hydrogen) atoms. The van der Waals surface area contributed by atoms with Crippen LogP contribution in [0.5, 0.6) is 0 Å². The summed E-state index contributed by atoms with van der Waals surface area (Å²) in [6.45, 7) is 1.46. The van der Waals surface area contributed by atoms with Crippen LogP contribution in [0.4, 0.5) is 0 Å². The number of hydrogen-bond acceptors (Lipinski definition) is 6. The van der Waals surface area contributed by atoms with Crippen LogP contribution in [0.15, 0.2) is 53.8 Å². The van der Waals surface area contributed by atoms with E-state index in [1.54, 1.807) is 25.6 Å². The Morgan fingerprint density at radius 1 is 1.21 bits per heavy atom. The van der Waals surface area contributed by atoms with Crippen molar-refractivity contribution in [2.75, 3.05) is 20.3 Å². The third-order valence-corrected chi connectivity index (χ3v) is 6.90. The number of rotatable bonds is 7. The monoisotopic (exact) mass is 447 g/mol. The van der Waals surface area contributed by atoms with Gasteiger partial charge >= 0.3 is 0 Å². The second-order valence-electron chi connectivity index (χ2n) is 9.10. The van der Waals surface area contributed by atoms with Crippen LogP contribution >= 0.6 is 0 Å². The largest absolute Gasteiger partial charge is 0.383 e. The van der Waals surface area contributed by atoms with Crippen molar-refractivity contribution in [2.45, 2.75) is 43.8 Å². The molecule has 2 aliphatic heterocycles. The van der Waals surface area contributed by atoms with Gasteiger partial charge in [0.1, 0.15) is 0 Å². The first-order chi connectivity index (χ1) is 16.0. The molecule has 2 N–H and O–H groups in total. The number of aliphatic imine (C=N–C) groups is 1. The van der Waals surface area contributed by atoms with Gasteiger partial charge < -0.3 is 15.4 Å². The minimum absolute atomic E-state index is 0.0603. The third-order valence-electron chi connectivity index (χ3n) is 6.90. The van der Waals surface area contributed by atoms with Crippen molar-refractivity contribution < 1.29 is 14.3 Å². The second kappa shape index (κ2) is 8.59. The number of carbonyl (C=O) groups is 2. The molecule has 0 radical (unpaired) electrons. The summed E-state index contributed by atoms with van der Waals surface area (Å²) < 4.78 is 5.28. The number of methoxy groups -OCH3 is 1. The lowest BCUT2D eigenvalue weighted by Gasteiger charge is -2.27. The van der Waals surface area contributed by atoms with E-state index in [-0.39, 0.29) is 36.3 Å². The maximum Gasteiger partial charge on any atom is 0.262 e. The third kappa shape index (κ3) is 3.78. The molecule has 2 aromatic rings. The summed E-state index contributed by atoms with van der Waals surface area (Å²) in [5, 5.41) is 0. The SMILES string of the molecule is COCC1CCCN1C(=O)c1cncc(CN2C(=O)C(c3ccccc3)(C3CC3)N=C2N)c1. The van der Waals surface area contributed by atoms with E-state index in [9.17, 15) is 9.59 Å². The van der Waals surface area contributed by atoms with Crippen LogP contribution < -0.4 is 5.73 Å². The second-order valence-corrected chi connectivity index (χ2v) is 9.10. The van der Waals surface area contributed by atoms with Crippen LogP contribution in [0.1, 0.15) is 47.2 Å². The lowest BCUT2D eigenvalue weighted by molar-refractivity contribution is -0.132. The summed E-state index contributed by atoms with van der Waals surface area (Å²) in [7, 11) is 1.65. The Morgan fingerprint density at radius 2 is 2.00 bits per heavy atom. The highest BCUT2D eigenvalue weighted by Gasteiger charge is 2.57. The van der Waals surface area contributed by atoms with E-state index in [0.29, 0.717) is 18.7 Å². The molecular weight excluding hydrogens is 418 g/mol. The van der Waals surface area contributed by atoms with E-state index in [2.05, 4.69) is 4.98 Å².